The van der Waals surface area contributed by atoms with E-state index in [4.69, 9.17) is 18.9 Å². The number of hydrogen-bond donors (Lipinski definition) is 3. The summed E-state index contributed by atoms with van der Waals surface area (Å²) in [5, 5.41) is 31.3. The summed E-state index contributed by atoms with van der Waals surface area (Å²) >= 11 is 0. The number of phenols is 1. The number of ether oxygens (including phenoxy) is 4. The lowest BCUT2D eigenvalue weighted by Crippen LogP contribution is -2.48. The summed E-state index contributed by atoms with van der Waals surface area (Å²) in [5.41, 5.74) is 4.06. The summed E-state index contributed by atoms with van der Waals surface area (Å²) in [6.45, 7) is 42.6. The van der Waals surface area contributed by atoms with E-state index in [-0.39, 0.29) is 89.9 Å². The number of aromatic hydroxyl groups is 1. The van der Waals surface area contributed by atoms with Gasteiger partial charge in [0.25, 0.3) is 0 Å². The lowest BCUT2D eigenvalue weighted by molar-refractivity contribution is 0.0653. The van der Waals surface area contributed by atoms with Crippen molar-refractivity contribution in [3.05, 3.63) is 236 Å². The van der Waals surface area contributed by atoms with Crippen LogP contribution in [0.3, 0.4) is 0 Å². The lowest BCUT2D eigenvalue weighted by atomic mass is 9.82. The number of halogens is 10. The minimum Gasteiger partial charge on any atom is -0.508 e. The molecule has 1 unspecified atom stereocenters. The van der Waals surface area contributed by atoms with Crippen molar-refractivity contribution in [2.75, 3.05) is 137 Å². The van der Waals surface area contributed by atoms with E-state index < -0.39 is 91.8 Å². The van der Waals surface area contributed by atoms with Crippen LogP contribution in [0.1, 0.15) is 233 Å². The molecule has 19 rings (SSSR count). The van der Waals surface area contributed by atoms with Gasteiger partial charge < -0.3 is 24.1 Å². The van der Waals surface area contributed by atoms with Gasteiger partial charge in [0.2, 0.25) is 10.0 Å². The quantitative estimate of drug-likeness (QED) is 0.0329. The number of alkyl halides is 4. The maximum Gasteiger partial charge on any atom is 0.212 e. The molecule has 0 saturated carbocycles. The highest BCUT2D eigenvalue weighted by molar-refractivity contribution is 7.88. The number of hydrogen-bond acceptors (Lipinski definition) is 17. The van der Waals surface area contributed by atoms with Crippen molar-refractivity contribution < 1.29 is 76.4 Å². The number of aromatic nitrogens is 6. The highest BCUT2D eigenvalue weighted by Crippen LogP contribution is 2.50. The molecule has 0 aliphatic carbocycles. The molecule has 11 aromatic rings. The predicted octanol–water partition coefficient (Wildman–Crippen LogP) is 21.7. The average Bonchev–Trinajstić information content (AvgIpc) is 1.52. The molecule has 8 aromatic carbocycles. The van der Waals surface area contributed by atoms with E-state index in [1.165, 1.54) is 117 Å². The third-order valence-corrected chi connectivity index (χ3v) is 31.4. The molecule has 144 heavy (non-hydrogen) atoms. The molecule has 0 bridgehead atoms. The summed E-state index contributed by atoms with van der Waals surface area (Å²) in [5.74, 6) is 0.332. The minimum absolute atomic E-state index is 0.00265. The maximum absolute atomic E-state index is 15.9. The van der Waals surface area contributed by atoms with Crippen molar-refractivity contribution in [2.45, 2.75) is 233 Å². The smallest absolute Gasteiger partial charge is 0.212 e. The van der Waals surface area contributed by atoms with E-state index in [1.54, 1.807) is 39.7 Å². The lowest BCUT2D eigenvalue weighted by Gasteiger charge is -2.44. The van der Waals surface area contributed by atoms with Gasteiger partial charge in [-0.25, -0.2) is 52.3 Å². The van der Waals surface area contributed by atoms with Gasteiger partial charge in [-0.2, -0.15) is 19.6 Å². The Morgan fingerprint density at radius 2 is 0.715 bits per heavy atom. The van der Waals surface area contributed by atoms with Gasteiger partial charge >= 0.3 is 0 Å². The van der Waals surface area contributed by atoms with E-state index in [0.29, 0.717) is 70.3 Å². The number of rotatable bonds is 33. The Bertz CT molecular complexity index is 6130. The Morgan fingerprint density at radius 3 is 1.05 bits per heavy atom. The highest BCUT2D eigenvalue weighted by atomic mass is 32.2. The molecule has 32 heteroatoms. The van der Waals surface area contributed by atoms with E-state index in [2.05, 4.69) is 72.8 Å². The second-order valence-corrected chi connectivity index (χ2v) is 45.9. The Hall–Kier alpha value is -9.90. The number of nitrogens with one attached hydrogen (secondary N) is 2. The largest absolute Gasteiger partial charge is 0.508 e. The topological polar surface area (TPSA) is 192 Å². The van der Waals surface area contributed by atoms with Crippen LogP contribution < -0.4 is 18.9 Å². The standard InChI is InChI=1S/C32H42F4N4O.2C28H35F3N4O.C24H32N2O4S/c1-7-21-16-38(17-21)10-11-41-22-13-26(33)29(27(34)14-22)30-23-8-9-28-25(15-37-40(28)19-32(5,6)36)24(23)12-20(2)39(30)18-31(3,4)35;2*1-5-18-14-34(15-18)8-9-36-19-11-23(29)26(24(30)12-19)27-20-6-7-25-22(13-32-33-25)21(20)10-17(2)35(27)16-28(3,4)31;1-4-18-15-25(16-18)11-12-30-21-8-5-19(6-9-21)24-22-10-7-20(27)13-23(22)17(2)14-26(24)31(3,28)29/h8-9,13-15,20-21,30H,7,10-12,16-19H2,1-6H3;2*6-7,11-13,17-18,27H,5,8-10,14-16H2,1-4H3,(H,32,33);5-10,13,17-18,24,27H,4,11-12,14-16H2,1-3H3/t20?,30-;2*17-,27+;17-,24+/m0100/s1. The van der Waals surface area contributed by atoms with E-state index >= 15 is 30.7 Å². The van der Waals surface area contributed by atoms with E-state index in [0.717, 1.165) is 179 Å². The van der Waals surface area contributed by atoms with E-state index in [1.807, 2.05) is 109 Å². The molecule has 3 N–H and O–H groups in total. The first-order chi connectivity index (χ1) is 68.3. The van der Waals surface area contributed by atoms with Crippen molar-refractivity contribution in [3.8, 4) is 28.7 Å². The van der Waals surface area contributed by atoms with Crippen LogP contribution >= 0.6 is 0 Å². The fourth-order valence-electron chi connectivity index (χ4n) is 22.5. The third-order valence-electron chi connectivity index (χ3n) is 30.2. The van der Waals surface area contributed by atoms with Gasteiger partial charge in [0.1, 0.15) is 113 Å². The van der Waals surface area contributed by atoms with Gasteiger partial charge in [-0.3, -0.25) is 49.2 Å². The highest BCUT2D eigenvalue weighted by Gasteiger charge is 2.46. The summed E-state index contributed by atoms with van der Waals surface area (Å²) in [6, 6.07) is 28.3. The van der Waals surface area contributed by atoms with Gasteiger partial charge in [-0.15, -0.1) is 0 Å². The average molecular weight is 2020 g/mol. The number of aromatic amines is 2. The maximum atomic E-state index is 15.9. The third kappa shape index (κ3) is 24.7. The van der Waals surface area contributed by atoms with Gasteiger partial charge in [-0.1, -0.05) is 96.7 Å². The minimum atomic E-state index is -3.41. The molecule has 11 heterocycles. The first-order valence-corrected chi connectivity index (χ1v) is 53.3. The number of fused-ring (bicyclic) bond motifs is 10. The van der Waals surface area contributed by atoms with Crippen LogP contribution in [0.15, 0.2) is 134 Å². The van der Waals surface area contributed by atoms with Crippen LogP contribution in [0.5, 0.6) is 28.7 Å². The number of likely N-dealkylation sites (tertiary alicyclic amines) is 4. The molecule has 0 spiro atoms. The predicted molar refractivity (Wildman–Crippen MR) is 546 cm³/mol. The van der Waals surface area contributed by atoms with Crippen LogP contribution in [0, 0.1) is 58.6 Å². The summed E-state index contributed by atoms with van der Waals surface area (Å²) in [7, 11) is -3.41. The number of phenolic OH excluding ortho intramolecular Hbond substituents is 1. The monoisotopic (exact) mass is 2020 g/mol. The van der Waals surface area contributed by atoms with Crippen LogP contribution in [0.25, 0.3) is 32.7 Å². The molecular weight excluding hydrogens is 1880 g/mol. The van der Waals surface area contributed by atoms with E-state index in [9.17, 15) is 26.7 Å². The zero-order chi connectivity index (χ0) is 103. The van der Waals surface area contributed by atoms with Crippen molar-refractivity contribution in [1.82, 2.24) is 68.8 Å². The molecular formula is C112H144F10N14O7S. The van der Waals surface area contributed by atoms with Crippen LogP contribution in [-0.2, 0) is 35.8 Å². The Labute approximate surface area is 841 Å². The molecule has 8 aliphatic heterocycles. The second-order valence-electron chi connectivity index (χ2n) is 44.0. The summed E-state index contributed by atoms with van der Waals surface area (Å²) in [4.78, 5) is 14.8. The number of nitrogens with zero attached hydrogens (tertiary/aromatic N) is 12. The second kappa shape index (κ2) is 44.3. The molecule has 780 valence electrons. The first-order valence-electron chi connectivity index (χ1n) is 51.5. The van der Waals surface area contributed by atoms with Gasteiger partial charge in [0.05, 0.1) is 72.1 Å². The zero-order valence-corrected chi connectivity index (χ0v) is 87.2. The molecule has 21 nitrogen and oxygen atoms in total. The van der Waals surface area contributed by atoms with Gasteiger partial charge in [0, 0.05) is 192 Å². The number of H-pyrrole nitrogens is 2. The normalized spacial score (nSPS) is 21.6. The Morgan fingerprint density at radius 1 is 0.389 bits per heavy atom. The molecule has 8 atom stereocenters. The molecule has 0 radical (unpaired) electrons. The van der Waals surface area contributed by atoms with Crippen LogP contribution in [-0.4, -0.2) is 261 Å². The van der Waals surface area contributed by atoms with Crippen molar-refractivity contribution in [1.29, 1.82) is 0 Å². The Kier molecular flexibility index (Phi) is 32.8. The van der Waals surface area contributed by atoms with Gasteiger partial charge in [-0.05, 0) is 218 Å². The SMILES string of the molecule is CCC1CN(CCOc2cc(F)c([C@@H]3c4ccc5[nH]ncc5c4C[C@@H](C)N3CC(C)(C)F)c(F)c2)C1.CCC1CN(CCOc2cc(F)c([C@@H]3c4ccc5c(cnn5CC(C)(C)F)c4CC(C)N3CC(C)(C)F)c(F)c2)C1.CCC1CN(CCOc2cc(F)c([C@H]3c4ccc5[nH]ncc5c4C[C@H](C)N3CC(C)(C)F)c(F)c2)C1.CCC1CN(CCOc2ccc([C@@H]3c4ccc(O)cc4[C@@H](C)CN3S(C)(=O)=O)cc2)C1. The van der Waals surface area contributed by atoms with Crippen LogP contribution in [0.2, 0.25) is 0 Å². The number of sulfonamides is 1. The van der Waals surface area contributed by atoms with Crippen LogP contribution in [0.4, 0.5) is 43.9 Å². The molecule has 4 fully saturated rings. The zero-order valence-electron chi connectivity index (χ0n) is 86.4. The Balaban J connectivity index is 0.000000138. The van der Waals surface area contributed by atoms with Crippen molar-refractivity contribution >= 4 is 42.7 Å². The fourth-order valence-corrected chi connectivity index (χ4v) is 23.6. The first kappa shape index (κ1) is 107. The molecule has 4 saturated heterocycles. The van der Waals surface area contributed by atoms with Crippen molar-refractivity contribution in [3.63, 3.8) is 0 Å². The molecule has 3 aromatic heterocycles. The molecule has 8 aliphatic rings. The van der Waals surface area contributed by atoms with Crippen molar-refractivity contribution in [2.24, 2.45) is 23.7 Å². The molecule has 0 amide bonds. The van der Waals surface area contributed by atoms with Gasteiger partial charge in [0.15, 0.2) is 0 Å². The number of benzene rings is 8. The summed E-state index contributed by atoms with van der Waals surface area (Å²) < 4.78 is 205. The summed E-state index contributed by atoms with van der Waals surface area (Å²) in [6.07, 6.45) is 13.0. The fraction of sp³-hybridized carbons (Fsp3) is 0.545.